The van der Waals surface area contributed by atoms with Crippen molar-refractivity contribution < 1.29 is 9.90 Å². The Morgan fingerprint density at radius 3 is 2.50 bits per heavy atom. The molecule has 0 aromatic heterocycles. The van der Waals surface area contributed by atoms with Crippen LogP contribution in [-0.4, -0.2) is 29.7 Å². The van der Waals surface area contributed by atoms with Crippen LogP contribution in [0.3, 0.4) is 0 Å². The van der Waals surface area contributed by atoms with Gasteiger partial charge in [-0.25, -0.2) is 0 Å². The molecule has 1 rings (SSSR count). The molecule has 64 valence electrons. The second kappa shape index (κ2) is 3.88. The molecule has 0 spiro atoms. The second-order valence-electron chi connectivity index (χ2n) is 2.51. The zero-order chi connectivity index (χ0) is 8.97. The molecule has 0 aliphatic heterocycles. The second-order valence-corrected chi connectivity index (χ2v) is 2.51. The molecule has 0 bridgehead atoms. The average molecular weight is 165 g/mol. The number of nitrogens with zero attached hydrogens (tertiary/aromatic N) is 1. The van der Waals surface area contributed by atoms with Crippen LogP contribution in [0.4, 0.5) is 0 Å². The Morgan fingerprint density at radius 2 is 2.00 bits per heavy atom. The number of rotatable bonds is 2. The molecule has 1 aromatic rings. The molecule has 0 heterocycles. The van der Waals surface area contributed by atoms with Gasteiger partial charge < -0.3 is 10.0 Å². The van der Waals surface area contributed by atoms with Crippen LogP contribution in [0.1, 0.15) is 10.4 Å². The third-order valence-corrected chi connectivity index (χ3v) is 1.58. The van der Waals surface area contributed by atoms with Gasteiger partial charge in [0, 0.05) is 12.6 Å². The SMILES string of the molecule is CN(CO)C(=O)c1ccccc1. The van der Waals surface area contributed by atoms with E-state index in [9.17, 15) is 4.79 Å². The molecule has 3 nitrogen and oxygen atoms in total. The largest absolute Gasteiger partial charge is 0.376 e. The summed E-state index contributed by atoms with van der Waals surface area (Å²) in [5.74, 6) is -0.168. The predicted octanol–water partition coefficient (Wildman–Crippen LogP) is 0.708. The van der Waals surface area contributed by atoms with Gasteiger partial charge in [0.25, 0.3) is 5.91 Å². The van der Waals surface area contributed by atoms with Crippen LogP contribution in [0, 0.1) is 0 Å². The van der Waals surface area contributed by atoms with Crippen molar-refractivity contribution in [3.05, 3.63) is 35.9 Å². The number of hydrogen-bond acceptors (Lipinski definition) is 2. The number of aliphatic hydroxyl groups excluding tert-OH is 1. The molecule has 3 heteroatoms. The van der Waals surface area contributed by atoms with E-state index >= 15 is 0 Å². The number of carbonyl (C=O) groups is 1. The van der Waals surface area contributed by atoms with Crippen LogP contribution in [0.25, 0.3) is 0 Å². The van der Waals surface area contributed by atoms with E-state index in [0.717, 1.165) is 0 Å². The van der Waals surface area contributed by atoms with Crippen LogP contribution in [0.15, 0.2) is 30.3 Å². The van der Waals surface area contributed by atoms with E-state index < -0.39 is 0 Å². The van der Waals surface area contributed by atoms with Crippen LogP contribution < -0.4 is 0 Å². The lowest BCUT2D eigenvalue weighted by Crippen LogP contribution is -2.27. The van der Waals surface area contributed by atoms with Gasteiger partial charge in [-0.1, -0.05) is 18.2 Å². The summed E-state index contributed by atoms with van der Waals surface area (Å²) in [6.45, 7) is -0.256. The first-order valence-corrected chi connectivity index (χ1v) is 3.67. The molecule has 0 atom stereocenters. The monoisotopic (exact) mass is 165 g/mol. The van der Waals surface area contributed by atoms with Crippen molar-refractivity contribution in [1.29, 1.82) is 0 Å². The fourth-order valence-corrected chi connectivity index (χ4v) is 0.865. The van der Waals surface area contributed by atoms with E-state index in [1.165, 1.54) is 4.90 Å². The molecular weight excluding hydrogens is 154 g/mol. The van der Waals surface area contributed by atoms with Crippen molar-refractivity contribution in [3.63, 3.8) is 0 Å². The van der Waals surface area contributed by atoms with Gasteiger partial charge in [0.2, 0.25) is 0 Å². The zero-order valence-electron chi connectivity index (χ0n) is 6.90. The molecule has 1 amide bonds. The van der Waals surface area contributed by atoms with Crippen molar-refractivity contribution >= 4 is 5.91 Å². The van der Waals surface area contributed by atoms with Gasteiger partial charge in [-0.2, -0.15) is 0 Å². The highest BCUT2D eigenvalue weighted by Gasteiger charge is 2.08. The molecule has 1 aromatic carbocycles. The van der Waals surface area contributed by atoms with E-state index in [1.54, 1.807) is 31.3 Å². The van der Waals surface area contributed by atoms with Gasteiger partial charge in [-0.3, -0.25) is 4.79 Å². The maximum Gasteiger partial charge on any atom is 0.255 e. The van der Waals surface area contributed by atoms with Crippen molar-refractivity contribution in [1.82, 2.24) is 4.90 Å². The quantitative estimate of drug-likeness (QED) is 0.655. The van der Waals surface area contributed by atoms with Gasteiger partial charge in [0.05, 0.1) is 0 Å². The topological polar surface area (TPSA) is 40.5 Å². The molecule has 0 fully saturated rings. The summed E-state index contributed by atoms with van der Waals surface area (Å²) in [4.78, 5) is 12.6. The number of hydrogen-bond donors (Lipinski definition) is 1. The average Bonchev–Trinajstić information content (AvgIpc) is 2.17. The lowest BCUT2D eigenvalue weighted by Gasteiger charge is -2.12. The Labute approximate surface area is 71.2 Å². The number of carbonyl (C=O) groups excluding carboxylic acids is 1. The third kappa shape index (κ3) is 1.83. The van der Waals surface area contributed by atoms with Crippen LogP contribution in [-0.2, 0) is 0 Å². The lowest BCUT2D eigenvalue weighted by atomic mass is 10.2. The first-order valence-electron chi connectivity index (χ1n) is 3.67. The van der Waals surface area contributed by atoms with Crippen LogP contribution >= 0.6 is 0 Å². The molecule has 1 N–H and O–H groups in total. The first-order chi connectivity index (χ1) is 5.75. The van der Waals surface area contributed by atoms with Gasteiger partial charge >= 0.3 is 0 Å². The summed E-state index contributed by atoms with van der Waals surface area (Å²) < 4.78 is 0. The van der Waals surface area contributed by atoms with Crippen molar-refractivity contribution in [3.8, 4) is 0 Å². The molecule has 0 aliphatic rings. The normalized spacial score (nSPS) is 9.50. The maximum absolute atomic E-state index is 11.3. The number of aliphatic hydroxyl groups is 1. The Bertz CT molecular complexity index is 258. The highest BCUT2D eigenvalue weighted by Crippen LogP contribution is 2.01. The van der Waals surface area contributed by atoms with E-state index in [-0.39, 0.29) is 12.6 Å². The van der Waals surface area contributed by atoms with Crippen molar-refractivity contribution in [2.24, 2.45) is 0 Å². The molecule has 0 saturated carbocycles. The molecule has 0 aliphatic carbocycles. The highest BCUT2D eigenvalue weighted by molar-refractivity contribution is 5.93. The molecule has 12 heavy (non-hydrogen) atoms. The number of benzene rings is 1. The fraction of sp³-hybridized carbons (Fsp3) is 0.222. The summed E-state index contributed by atoms with van der Waals surface area (Å²) in [6.07, 6.45) is 0. The maximum atomic E-state index is 11.3. The molecule has 0 saturated heterocycles. The van der Waals surface area contributed by atoms with E-state index in [2.05, 4.69) is 0 Å². The minimum absolute atomic E-state index is 0.168. The zero-order valence-corrected chi connectivity index (χ0v) is 6.90. The fourth-order valence-electron chi connectivity index (χ4n) is 0.865. The summed E-state index contributed by atoms with van der Waals surface area (Å²) >= 11 is 0. The minimum atomic E-state index is -0.256. The van der Waals surface area contributed by atoms with Gasteiger partial charge in [0.15, 0.2) is 0 Å². The molecule has 0 unspecified atom stereocenters. The van der Waals surface area contributed by atoms with E-state index in [1.807, 2.05) is 6.07 Å². The van der Waals surface area contributed by atoms with Crippen molar-refractivity contribution in [2.45, 2.75) is 0 Å². The highest BCUT2D eigenvalue weighted by atomic mass is 16.3. The summed E-state index contributed by atoms with van der Waals surface area (Å²) in [6, 6.07) is 8.86. The summed E-state index contributed by atoms with van der Waals surface area (Å²) in [5, 5.41) is 8.67. The summed E-state index contributed by atoms with van der Waals surface area (Å²) in [5.41, 5.74) is 0.592. The van der Waals surface area contributed by atoms with E-state index in [4.69, 9.17) is 5.11 Å². The van der Waals surface area contributed by atoms with Gasteiger partial charge in [-0.05, 0) is 12.1 Å². The third-order valence-electron chi connectivity index (χ3n) is 1.58. The first kappa shape index (κ1) is 8.74. The van der Waals surface area contributed by atoms with Gasteiger partial charge in [0.1, 0.15) is 6.73 Å². The van der Waals surface area contributed by atoms with Gasteiger partial charge in [-0.15, -0.1) is 0 Å². The molecule has 0 radical (unpaired) electrons. The lowest BCUT2D eigenvalue weighted by molar-refractivity contribution is 0.0629. The smallest absolute Gasteiger partial charge is 0.255 e. The summed E-state index contributed by atoms with van der Waals surface area (Å²) in [7, 11) is 1.55. The standard InChI is InChI=1S/C9H11NO2/c1-10(7-11)9(12)8-5-3-2-4-6-8/h2-6,11H,7H2,1H3. The van der Waals surface area contributed by atoms with Crippen LogP contribution in [0.2, 0.25) is 0 Å². The Kier molecular flexibility index (Phi) is 2.82. The molecular formula is C9H11NO2. The Morgan fingerprint density at radius 1 is 1.42 bits per heavy atom. The van der Waals surface area contributed by atoms with Crippen molar-refractivity contribution in [2.75, 3.05) is 13.8 Å². The predicted molar refractivity (Wildman–Crippen MR) is 45.6 cm³/mol. The Balaban J connectivity index is 2.79. The van der Waals surface area contributed by atoms with Crippen LogP contribution in [0.5, 0.6) is 0 Å². The Hall–Kier alpha value is -1.35. The van der Waals surface area contributed by atoms with E-state index in [0.29, 0.717) is 5.56 Å². The number of amides is 1. The minimum Gasteiger partial charge on any atom is -0.376 e.